The molecule has 1 saturated carbocycles. The van der Waals surface area contributed by atoms with Gasteiger partial charge in [-0.2, -0.15) is 0 Å². The first-order valence-electron chi connectivity index (χ1n) is 6.00. The Morgan fingerprint density at radius 3 is 2.69 bits per heavy atom. The van der Waals surface area contributed by atoms with Gasteiger partial charge in [-0.25, -0.2) is 0 Å². The van der Waals surface area contributed by atoms with Crippen molar-refractivity contribution >= 4 is 5.78 Å². The second-order valence-electron chi connectivity index (χ2n) is 4.92. The Kier molecular flexibility index (Phi) is 4.94. The van der Waals surface area contributed by atoms with Gasteiger partial charge in [0.25, 0.3) is 0 Å². The summed E-state index contributed by atoms with van der Waals surface area (Å²) in [5.41, 5.74) is 2.45. The Balaban J connectivity index is 2.60. The van der Waals surface area contributed by atoms with E-state index in [1.54, 1.807) is 0 Å². The van der Waals surface area contributed by atoms with Crippen LogP contribution in [0.1, 0.15) is 46.5 Å². The summed E-state index contributed by atoms with van der Waals surface area (Å²) < 4.78 is 0. The molecule has 1 N–H and O–H groups in total. The number of hydrogen-bond donors (Lipinski definition) is 1. The van der Waals surface area contributed by atoms with Crippen LogP contribution in [0.25, 0.3) is 0 Å². The van der Waals surface area contributed by atoms with E-state index in [1.165, 1.54) is 5.57 Å². The first-order valence-corrected chi connectivity index (χ1v) is 6.00. The fraction of sp³-hybridized carbons (Fsp3) is 0.643. The minimum Gasteiger partial charge on any atom is -0.392 e. The number of aliphatic hydroxyl groups is 1. The highest BCUT2D eigenvalue weighted by Gasteiger charge is 2.28. The number of ketones is 1. The van der Waals surface area contributed by atoms with Gasteiger partial charge in [0.1, 0.15) is 5.78 Å². The Hall–Kier alpha value is -0.890. The third-order valence-electron chi connectivity index (χ3n) is 3.18. The predicted octanol–water partition coefficient (Wildman–Crippen LogP) is 3.02. The van der Waals surface area contributed by atoms with E-state index >= 15 is 0 Å². The number of allylic oxidation sites excluding steroid dienone is 3. The van der Waals surface area contributed by atoms with Crippen molar-refractivity contribution in [1.29, 1.82) is 0 Å². The van der Waals surface area contributed by atoms with E-state index in [2.05, 4.69) is 26.0 Å². The van der Waals surface area contributed by atoms with E-state index in [1.807, 2.05) is 6.92 Å². The number of aliphatic hydroxyl groups excluding tert-OH is 1. The molecule has 2 atom stereocenters. The quantitative estimate of drug-likeness (QED) is 0.745. The topological polar surface area (TPSA) is 37.3 Å². The largest absolute Gasteiger partial charge is 0.392 e. The average molecular weight is 222 g/mol. The second-order valence-corrected chi connectivity index (χ2v) is 4.92. The van der Waals surface area contributed by atoms with Gasteiger partial charge in [0.05, 0.1) is 6.10 Å². The predicted molar refractivity (Wildman–Crippen MR) is 66.2 cm³/mol. The third-order valence-corrected chi connectivity index (χ3v) is 3.18. The summed E-state index contributed by atoms with van der Waals surface area (Å²) in [5, 5.41) is 9.86. The van der Waals surface area contributed by atoms with Crippen LogP contribution in [-0.4, -0.2) is 17.0 Å². The molecule has 0 heterocycles. The fourth-order valence-electron chi connectivity index (χ4n) is 2.09. The normalized spacial score (nSPS) is 26.8. The summed E-state index contributed by atoms with van der Waals surface area (Å²) in [6.45, 7) is 6.16. The minimum absolute atomic E-state index is 0.0480. The molecule has 16 heavy (non-hydrogen) atoms. The zero-order valence-electron chi connectivity index (χ0n) is 10.5. The van der Waals surface area contributed by atoms with Gasteiger partial charge in [-0.15, -0.1) is 0 Å². The molecule has 0 aromatic rings. The number of carbonyl (C=O) groups excluding carboxylic acids is 1. The molecule has 1 fully saturated rings. The van der Waals surface area contributed by atoms with Crippen LogP contribution in [0.15, 0.2) is 23.3 Å². The number of hydrogen-bond acceptors (Lipinski definition) is 2. The summed E-state index contributed by atoms with van der Waals surface area (Å²) >= 11 is 0. The van der Waals surface area contributed by atoms with Crippen molar-refractivity contribution in [2.45, 2.75) is 52.6 Å². The van der Waals surface area contributed by atoms with Crippen molar-refractivity contribution in [2.75, 3.05) is 0 Å². The van der Waals surface area contributed by atoms with E-state index in [-0.39, 0.29) is 17.8 Å². The van der Waals surface area contributed by atoms with Gasteiger partial charge in [-0.05, 0) is 33.6 Å². The molecule has 1 aliphatic carbocycles. The molecular formula is C14H22O2. The molecule has 0 aromatic carbocycles. The molecular weight excluding hydrogens is 200 g/mol. The Labute approximate surface area is 98.1 Å². The standard InChI is InChI=1S/C14H22O2/c1-10(2)5-4-6-11(3)13-9-12(15)7-8-14(13)16/h5-6,13-14,16H,4,7-9H2,1-3H3/b11-6+. The smallest absolute Gasteiger partial charge is 0.133 e. The van der Waals surface area contributed by atoms with E-state index in [0.717, 1.165) is 12.0 Å². The summed E-state index contributed by atoms with van der Waals surface area (Å²) in [7, 11) is 0. The van der Waals surface area contributed by atoms with Gasteiger partial charge in [0.15, 0.2) is 0 Å². The molecule has 0 aromatic heterocycles. The lowest BCUT2D eigenvalue weighted by atomic mass is 9.81. The Morgan fingerprint density at radius 1 is 1.38 bits per heavy atom. The van der Waals surface area contributed by atoms with Crippen LogP contribution in [0.3, 0.4) is 0 Å². The van der Waals surface area contributed by atoms with Crippen LogP contribution in [0.4, 0.5) is 0 Å². The first-order chi connectivity index (χ1) is 7.50. The van der Waals surface area contributed by atoms with E-state index in [4.69, 9.17) is 0 Å². The van der Waals surface area contributed by atoms with Crippen LogP contribution in [0.5, 0.6) is 0 Å². The summed E-state index contributed by atoms with van der Waals surface area (Å²) in [5.74, 6) is 0.331. The molecule has 1 rings (SSSR count). The van der Waals surface area contributed by atoms with Crippen LogP contribution in [0, 0.1) is 5.92 Å². The molecule has 1 aliphatic rings. The molecule has 2 unspecified atom stereocenters. The van der Waals surface area contributed by atoms with Crippen molar-refractivity contribution in [3.8, 4) is 0 Å². The lowest BCUT2D eigenvalue weighted by Crippen LogP contribution is -2.29. The number of carbonyl (C=O) groups is 1. The molecule has 0 amide bonds. The van der Waals surface area contributed by atoms with E-state index < -0.39 is 0 Å². The molecule has 0 bridgehead atoms. The van der Waals surface area contributed by atoms with Crippen LogP contribution in [-0.2, 0) is 4.79 Å². The SMILES string of the molecule is CC(C)=CC/C=C(\C)C1CC(=O)CCC1O. The fourth-order valence-corrected chi connectivity index (χ4v) is 2.09. The van der Waals surface area contributed by atoms with E-state index in [9.17, 15) is 9.90 Å². The maximum absolute atomic E-state index is 11.4. The third kappa shape index (κ3) is 3.93. The van der Waals surface area contributed by atoms with Crippen molar-refractivity contribution in [3.05, 3.63) is 23.3 Å². The molecule has 2 nitrogen and oxygen atoms in total. The highest BCUT2D eigenvalue weighted by Crippen LogP contribution is 2.28. The van der Waals surface area contributed by atoms with Crippen LogP contribution < -0.4 is 0 Å². The lowest BCUT2D eigenvalue weighted by Gasteiger charge is -2.27. The summed E-state index contributed by atoms with van der Waals surface area (Å²) in [4.78, 5) is 11.4. The monoisotopic (exact) mass is 222 g/mol. The van der Waals surface area contributed by atoms with Crippen molar-refractivity contribution in [1.82, 2.24) is 0 Å². The molecule has 0 spiro atoms. The summed E-state index contributed by atoms with van der Waals surface area (Å²) in [6.07, 6.45) is 6.51. The van der Waals surface area contributed by atoms with Crippen molar-refractivity contribution in [2.24, 2.45) is 5.92 Å². The zero-order chi connectivity index (χ0) is 12.1. The van der Waals surface area contributed by atoms with Crippen LogP contribution >= 0.6 is 0 Å². The second kappa shape index (κ2) is 6.00. The molecule has 2 heteroatoms. The maximum Gasteiger partial charge on any atom is 0.133 e. The van der Waals surface area contributed by atoms with Crippen molar-refractivity contribution < 1.29 is 9.90 Å². The molecule has 0 radical (unpaired) electrons. The maximum atomic E-state index is 11.4. The average Bonchev–Trinajstić information content (AvgIpc) is 2.21. The summed E-state index contributed by atoms with van der Waals surface area (Å²) in [6, 6.07) is 0. The van der Waals surface area contributed by atoms with Gasteiger partial charge in [0, 0.05) is 18.8 Å². The highest BCUT2D eigenvalue weighted by atomic mass is 16.3. The van der Waals surface area contributed by atoms with Gasteiger partial charge < -0.3 is 5.11 Å². The Bertz CT molecular complexity index is 309. The highest BCUT2D eigenvalue weighted by molar-refractivity contribution is 5.80. The van der Waals surface area contributed by atoms with Gasteiger partial charge in [-0.3, -0.25) is 4.79 Å². The zero-order valence-corrected chi connectivity index (χ0v) is 10.5. The Morgan fingerprint density at radius 2 is 2.06 bits per heavy atom. The van der Waals surface area contributed by atoms with E-state index in [0.29, 0.717) is 19.3 Å². The molecule has 0 saturated heterocycles. The van der Waals surface area contributed by atoms with Gasteiger partial charge in [-0.1, -0.05) is 23.3 Å². The minimum atomic E-state index is -0.333. The van der Waals surface area contributed by atoms with Crippen molar-refractivity contribution in [3.63, 3.8) is 0 Å². The van der Waals surface area contributed by atoms with Crippen LogP contribution in [0.2, 0.25) is 0 Å². The van der Waals surface area contributed by atoms with Gasteiger partial charge in [0.2, 0.25) is 0 Å². The number of rotatable bonds is 3. The first kappa shape index (κ1) is 13.2. The molecule has 0 aliphatic heterocycles. The number of Topliss-reactive ketones (excluding diaryl/α,β-unsaturated/α-hetero) is 1. The molecule has 90 valence electrons. The van der Waals surface area contributed by atoms with Gasteiger partial charge >= 0.3 is 0 Å². The lowest BCUT2D eigenvalue weighted by molar-refractivity contribution is -0.123.